The topological polar surface area (TPSA) is 26.1 Å². The highest BCUT2D eigenvalue weighted by atomic mass is 35.5. The van der Waals surface area contributed by atoms with E-state index in [2.05, 4.69) is 71.6 Å². The van der Waals surface area contributed by atoms with Gasteiger partial charge in [-0.3, -0.25) is 4.90 Å². The number of anilines is 1. The Labute approximate surface area is 250 Å². The molecule has 1 heterocycles. The van der Waals surface area contributed by atoms with Gasteiger partial charge in [0.1, 0.15) is 11.4 Å². The first-order chi connectivity index (χ1) is 20.1. The summed E-state index contributed by atoms with van der Waals surface area (Å²) in [6.45, 7) is 0. The highest BCUT2D eigenvalue weighted by Crippen LogP contribution is 2.45. The van der Waals surface area contributed by atoms with E-state index in [1.807, 2.05) is 60.7 Å². The Hall–Kier alpha value is -4.22. The molecule has 6 heteroatoms. The molecule has 6 rings (SSSR count). The molecule has 2 atom stereocenters. The van der Waals surface area contributed by atoms with Crippen LogP contribution in [0.3, 0.4) is 0 Å². The Kier molecular flexibility index (Phi) is 7.71. The average Bonchev–Trinajstić information content (AvgIpc) is 3.37. The van der Waals surface area contributed by atoms with Gasteiger partial charge in [-0.2, -0.15) is 0 Å². The molecule has 1 N–H and O–H groups in total. The summed E-state index contributed by atoms with van der Waals surface area (Å²) in [6.07, 6.45) is -0.247. The van der Waals surface area contributed by atoms with E-state index in [4.69, 9.17) is 32.7 Å². The number of halogens is 2. The lowest BCUT2D eigenvalue weighted by Gasteiger charge is -2.31. The number of hydrogen-bond donors (Lipinski definition) is 1. The molecule has 4 nitrogen and oxygen atoms in total. The van der Waals surface area contributed by atoms with Gasteiger partial charge in [0, 0.05) is 11.3 Å². The van der Waals surface area contributed by atoms with Crippen LogP contribution in [0.1, 0.15) is 22.9 Å². The molecule has 0 aromatic heterocycles. The van der Waals surface area contributed by atoms with Crippen LogP contribution in [0.15, 0.2) is 127 Å². The number of nitrogens with zero attached hydrogens (tertiary/aromatic N) is 1. The maximum Gasteiger partial charge on any atom is 0.205 e. The Balaban J connectivity index is 1.76. The number of quaternary nitrogens is 1. The molecule has 0 amide bonds. The van der Waals surface area contributed by atoms with Crippen molar-refractivity contribution in [2.24, 2.45) is 0 Å². The van der Waals surface area contributed by atoms with Crippen LogP contribution in [0.4, 0.5) is 11.4 Å². The first-order valence-corrected chi connectivity index (χ1v) is 14.1. The fourth-order valence-corrected chi connectivity index (χ4v) is 6.09. The molecule has 0 aliphatic carbocycles. The van der Waals surface area contributed by atoms with Crippen molar-refractivity contribution in [2.75, 3.05) is 19.1 Å². The first kappa shape index (κ1) is 27.0. The molecule has 0 bridgehead atoms. The lowest BCUT2D eigenvalue weighted by molar-refractivity contribution is -0.783. The second-order valence-electron chi connectivity index (χ2n) is 9.68. The highest BCUT2D eigenvalue weighted by Gasteiger charge is 2.48. The zero-order valence-electron chi connectivity index (χ0n) is 22.7. The van der Waals surface area contributed by atoms with Crippen LogP contribution in [-0.2, 0) is 0 Å². The van der Waals surface area contributed by atoms with Gasteiger partial charge in [-0.05, 0) is 66.7 Å². The minimum absolute atomic E-state index is 0.247. The van der Waals surface area contributed by atoms with E-state index >= 15 is 0 Å². The summed E-state index contributed by atoms with van der Waals surface area (Å²) in [5.74, 6) is 1.31. The number of para-hydroxylation sites is 2. The fraction of sp³-hybridized carbons (Fsp3) is 0.0857. The van der Waals surface area contributed by atoms with E-state index in [0.29, 0.717) is 21.5 Å². The average molecular weight is 581 g/mol. The minimum Gasteiger partial charge on any atom is -0.493 e. The van der Waals surface area contributed by atoms with Crippen LogP contribution in [0.25, 0.3) is 11.4 Å². The number of rotatable bonds is 7. The zero-order chi connectivity index (χ0) is 28.3. The lowest BCUT2D eigenvalue weighted by Crippen LogP contribution is -3.04. The van der Waals surface area contributed by atoms with Gasteiger partial charge in [-0.25, -0.2) is 4.90 Å². The van der Waals surface area contributed by atoms with E-state index in [1.165, 1.54) is 0 Å². The van der Waals surface area contributed by atoms with Gasteiger partial charge in [0.2, 0.25) is 6.17 Å². The maximum atomic E-state index is 7.00. The van der Waals surface area contributed by atoms with E-state index in [1.54, 1.807) is 14.2 Å². The first-order valence-electron chi connectivity index (χ1n) is 13.3. The molecule has 1 aliphatic rings. The third-order valence-corrected chi connectivity index (χ3v) is 8.07. The maximum absolute atomic E-state index is 7.00. The van der Waals surface area contributed by atoms with Crippen molar-refractivity contribution in [3.05, 3.63) is 154 Å². The van der Waals surface area contributed by atoms with Gasteiger partial charge < -0.3 is 9.47 Å². The molecule has 0 radical (unpaired) electrons. The molecule has 5 aromatic rings. The number of ether oxygens (including phenoxy) is 2. The third kappa shape index (κ3) is 4.95. The summed E-state index contributed by atoms with van der Waals surface area (Å²) in [5, 5.41) is 1.36. The largest absolute Gasteiger partial charge is 0.493 e. The van der Waals surface area contributed by atoms with Crippen LogP contribution in [-0.4, -0.2) is 14.2 Å². The quantitative estimate of drug-likeness (QED) is 0.210. The number of benzene rings is 5. The number of nitrogens with one attached hydrogen (secondary N) is 1. The van der Waals surface area contributed by atoms with Gasteiger partial charge >= 0.3 is 0 Å². The second-order valence-corrected chi connectivity index (χ2v) is 10.5. The van der Waals surface area contributed by atoms with Gasteiger partial charge in [-0.15, -0.1) is 0 Å². The molecule has 0 saturated heterocycles. The summed E-state index contributed by atoms with van der Waals surface area (Å²) < 4.78 is 11.4. The van der Waals surface area contributed by atoms with E-state index in [0.717, 1.165) is 44.4 Å². The lowest BCUT2D eigenvalue weighted by atomic mass is 10.0. The molecular formula is C35H29Cl2N2O2+. The summed E-state index contributed by atoms with van der Waals surface area (Å²) in [7, 11) is 3.30. The molecule has 0 spiro atoms. The SMILES string of the molecule is COc1ccc(C2=C(c3ccccc3Cl)[NH+](c3ccccc3)C(c3ccccc3Cl)N2c2ccccc2)cc1OC. The number of hydrogen-bond acceptors (Lipinski definition) is 3. The van der Waals surface area contributed by atoms with Crippen molar-refractivity contribution in [1.82, 2.24) is 0 Å². The summed E-state index contributed by atoms with van der Waals surface area (Å²) >= 11 is 14.0. The van der Waals surface area contributed by atoms with Crippen LogP contribution >= 0.6 is 23.2 Å². The van der Waals surface area contributed by atoms with Crippen molar-refractivity contribution in [3.63, 3.8) is 0 Å². The normalized spacial score (nSPS) is 16.6. The van der Waals surface area contributed by atoms with Gasteiger partial charge in [-0.1, -0.05) is 83.9 Å². The molecule has 0 saturated carbocycles. The highest BCUT2D eigenvalue weighted by molar-refractivity contribution is 6.32. The van der Waals surface area contributed by atoms with E-state index in [-0.39, 0.29) is 6.17 Å². The van der Waals surface area contributed by atoms with Crippen molar-refractivity contribution in [3.8, 4) is 11.5 Å². The molecule has 5 aromatic carbocycles. The van der Waals surface area contributed by atoms with E-state index < -0.39 is 0 Å². The van der Waals surface area contributed by atoms with Crippen molar-refractivity contribution in [2.45, 2.75) is 6.17 Å². The van der Waals surface area contributed by atoms with Crippen molar-refractivity contribution >= 4 is 46.0 Å². The predicted octanol–water partition coefficient (Wildman–Crippen LogP) is 8.27. The zero-order valence-corrected chi connectivity index (χ0v) is 24.2. The minimum atomic E-state index is -0.247. The Morgan fingerprint density at radius 3 is 1.90 bits per heavy atom. The van der Waals surface area contributed by atoms with Gasteiger partial charge in [0.05, 0.1) is 35.4 Å². The molecule has 2 unspecified atom stereocenters. The van der Waals surface area contributed by atoms with Crippen LogP contribution < -0.4 is 19.3 Å². The van der Waals surface area contributed by atoms with Crippen LogP contribution in [0.5, 0.6) is 11.5 Å². The molecule has 204 valence electrons. The van der Waals surface area contributed by atoms with Crippen LogP contribution in [0.2, 0.25) is 10.0 Å². The number of methoxy groups -OCH3 is 2. The van der Waals surface area contributed by atoms with Crippen LogP contribution in [0, 0.1) is 0 Å². The molecular weight excluding hydrogens is 551 g/mol. The Bertz CT molecular complexity index is 1710. The predicted molar refractivity (Wildman–Crippen MR) is 168 cm³/mol. The van der Waals surface area contributed by atoms with Gasteiger partial charge in [0.15, 0.2) is 17.2 Å². The monoisotopic (exact) mass is 579 g/mol. The third-order valence-electron chi connectivity index (χ3n) is 7.40. The fourth-order valence-electron chi connectivity index (χ4n) is 5.62. The molecule has 41 heavy (non-hydrogen) atoms. The standard InChI is InChI=1S/C35H28Cl2N2O2/c1-40-31-22-21-24(23-32(31)41-2)33-34(27-17-9-11-19-29(27)36)39(26-15-7-4-8-16-26)35(28-18-10-12-20-30(28)37)38(33)25-13-5-3-6-14-25/h3-23,35H,1-2H3/p+1. The summed E-state index contributed by atoms with van der Waals surface area (Å²) in [6, 6.07) is 43.0. The summed E-state index contributed by atoms with van der Waals surface area (Å²) in [4.78, 5) is 3.48. The smallest absolute Gasteiger partial charge is 0.205 e. The molecule has 0 fully saturated rings. The van der Waals surface area contributed by atoms with E-state index in [9.17, 15) is 0 Å². The van der Waals surface area contributed by atoms with Gasteiger partial charge in [0.25, 0.3) is 0 Å². The Morgan fingerprint density at radius 1 is 0.634 bits per heavy atom. The Morgan fingerprint density at radius 2 is 1.24 bits per heavy atom. The van der Waals surface area contributed by atoms with Crippen molar-refractivity contribution in [1.29, 1.82) is 0 Å². The molecule has 1 aliphatic heterocycles. The van der Waals surface area contributed by atoms with Crippen molar-refractivity contribution < 1.29 is 14.4 Å². The summed E-state index contributed by atoms with van der Waals surface area (Å²) in [5.41, 5.74) is 7.04. The second kappa shape index (κ2) is 11.7.